The van der Waals surface area contributed by atoms with Crippen molar-refractivity contribution in [3.63, 3.8) is 0 Å². The van der Waals surface area contributed by atoms with Gasteiger partial charge in [0.25, 0.3) is 0 Å². The Hall–Kier alpha value is -5.61. The Balaban J connectivity index is 0.000000173. The largest absolute Gasteiger partial charge is 0.496 e. The minimum atomic E-state index is 0.0833. The number of benzene rings is 6. The zero-order valence-corrected chi connectivity index (χ0v) is 30.0. The van der Waals surface area contributed by atoms with Crippen LogP contribution in [0.3, 0.4) is 0 Å². The number of carbonyl (C=O) groups excluding carboxylic acids is 1. The number of nitrogens with zero attached hydrogens (tertiary/aromatic N) is 1. The highest BCUT2D eigenvalue weighted by Crippen LogP contribution is 2.34. The van der Waals surface area contributed by atoms with Crippen molar-refractivity contribution in [2.24, 2.45) is 0 Å². The summed E-state index contributed by atoms with van der Waals surface area (Å²) in [4.78, 5) is 14.3. The molecule has 4 nitrogen and oxygen atoms in total. The number of methoxy groups -OCH3 is 2. The topological polar surface area (TPSA) is 38.8 Å². The van der Waals surface area contributed by atoms with Gasteiger partial charge in [0.15, 0.2) is 5.78 Å². The average Bonchev–Trinajstić information content (AvgIpc) is 3.12. The summed E-state index contributed by atoms with van der Waals surface area (Å²) in [6, 6.07) is 47.0. The van der Waals surface area contributed by atoms with Gasteiger partial charge in [-0.25, -0.2) is 0 Å². The molecule has 0 fully saturated rings. The average molecular weight is 650 g/mol. The molecule has 0 radical (unpaired) electrons. The van der Waals surface area contributed by atoms with Gasteiger partial charge in [-0.05, 0) is 101 Å². The van der Waals surface area contributed by atoms with Crippen LogP contribution < -0.4 is 14.4 Å². The SMILES string of the molecule is COc1cc(C)c(OC)cc1C.Cc1ccc(C(=O)c2ccc(C)cc2)cc1.Cc1ccc(N(c2ccccc2)c2ccc(C)cc2)cc1. The molecular weight excluding hydrogens is 602 g/mol. The third-order valence-corrected chi connectivity index (χ3v) is 8.14. The Morgan fingerprint density at radius 1 is 0.429 bits per heavy atom. The molecular formula is C45H47NO3. The van der Waals surface area contributed by atoms with E-state index in [-0.39, 0.29) is 5.78 Å². The lowest BCUT2D eigenvalue weighted by Crippen LogP contribution is -2.09. The number of hydrogen-bond donors (Lipinski definition) is 0. The van der Waals surface area contributed by atoms with E-state index in [1.807, 2.05) is 94.4 Å². The van der Waals surface area contributed by atoms with Gasteiger partial charge in [-0.15, -0.1) is 0 Å². The second kappa shape index (κ2) is 17.5. The first-order valence-corrected chi connectivity index (χ1v) is 16.5. The molecule has 0 spiro atoms. The molecule has 6 aromatic carbocycles. The van der Waals surface area contributed by atoms with E-state index in [1.54, 1.807) is 14.2 Å². The normalized spacial score (nSPS) is 10.1. The molecule has 0 saturated heterocycles. The predicted molar refractivity (Wildman–Crippen MR) is 205 cm³/mol. The molecule has 4 heteroatoms. The van der Waals surface area contributed by atoms with E-state index in [0.717, 1.165) is 33.8 Å². The quantitative estimate of drug-likeness (QED) is 0.161. The molecule has 0 atom stereocenters. The van der Waals surface area contributed by atoms with E-state index in [9.17, 15) is 4.79 Å². The Bertz CT molecular complexity index is 1790. The van der Waals surface area contributed by atoms with Crippen molar-refractivity contribution in [3.05, 3.63) is 184 Å². The van der Waals surface area contributed by atoms with Crippen molar-refractivity contribution < 1.29 is 14.3 Å². The number of rotatable bonds is 7. The monoisotopic (exact) mass is 649 g/mol. The van der Waals surface area contributed by atoms with Crippen LogP contribution in [0.1, 0.15) is 49.3 Å². The molecule has 0 unspecified atom stereocenters. The zero-order valence-electron chi connectivity index (χ0n) is 30.0. The number of anilines is 3. The van der Waals surface area contributed by atoms with Crippen LogP contribution >= 0.6 is 0 Å². The summed E-state index contributed by atoms with van der Waals surface area (Å²) in [6.45, 7) is 12.3. The molecule has 0 aliphatic carbocycles. The van der Waals surface area contributed by atoms with Crippen LogP contribution in [0.4, 0.5) is 17.1 Å². The second-order valence-corrected chi connectivity index (χ2v) is 12.2. The van der Waals surface area contributed by atoms with Gasteiger partial charge in [0.1, 0.15) is 11.5 Å². The van der Waals surface area contributed by atoms with Gasteiger partial charge in [-0.1, -0.05) is 113 Å². The third-order valence-electron chi connectivity index (χ3n) is 8.14. The molecule has 0 aliphatic heterocycles. The van der Waals surface area contributed by atoms with Gasteiger partial charge < -0.3 is 14.4 Å². The Kier molecular flexibility index (Phi) is 13.0. The standard InChI is InChI=1S/C20H19N.C15H14O.C10H14O2/c1-16-8-12-19(13-9-16)21(18-6-4-3-5-7-18)20-14-10-17(2)11-15-20;1-11-3-7-13(8-4-11)15(16)14-9-5-12(2)6-10-14;1-7-5-10(12-4)8(2)6-9(7)11-3/h3-15H,1-2H3;3-10H,1-2H3;5-6H,1-4H3. The first kappa shape index (κ1) is 36.2. The van der Waals surface area contributed by atoms with E-state index in [4.69, 9.17) is 9.47 Å². The van der Waals surface area contributed by atoms with Gasteiger partial charge in [-0.2, -0.15) is 0 Å². The van der Waals surface area contributed by atoms with Gasteiger partial charge in [0, 0.05) is 28.2 Å². The summed E-state index contributed by atoms with van der Waals surface area (Å²) >= 11 is 0. The second-order valence-electron chi connectivity index (χ2n) is 12.2. The molecule has 250 valence electrons. The van der Waals surface area contributed by atoms with Gasteiger partial charge in [-0.3, -0.25) is 4.79 Å². The molecule has 0 heterocycles. The van der Waals surface area contributed by atoms with Crippen molar-refractivity contribution in [2.75, 3.05) is 19.1 Å². The molecule has 0 bridgehead atoms. The summed E-state index contributed by atoms with van der Waals surface area (Å²) in [5, 5.41) is 0. The highest BCUT2D eigenvalue weighted by atomic mass is 16.5. The molecule has 0 saturated carbocycles. The van der Waals surface area contributed by atoms with Gasteiger partial charge >= 0.3 is 0 Å². The van der Waals surface area contributed by atoms with Crippen LogP contribution in [0.2, 0.25) is 0 Å². The minimum Gasteiger partial charge on any atom is -0.496 e. The maximum Gasteiger partial charge on any atom is 0.193 e. The number of carbonyl (C=O) groups is 1. The fourth-order valence-corrected chi connectivity index (χ4v) is 5.19. The fourth-order valence-electron chi connectivity index (χ4n) is 5.19. The summed E-state index contributed by atoms with van der Waals surface area (Å²) < 4.78 is 10.3. The Morgan fingerprint density at radius 3 is 1.06 bits per heavy atom. The number of aryl methyl sites for hydroxylation is 6. The summed E-state index contributed by atoms with van der Waals surface area (Å²) in [5.41, 5.74) is 12.1. The highest BCUT2D eigenvalue weighted by Gasteiger charge is 2.11. The lowest BCUT2D eigenvalue weighted by molar-refractivity contribution is 0.103. The molecule has 0 amide bonds. The lowest BCUT2D eigenvalue weighted by atomic mass is 10.0. The smallest absolute Gasteiger partial charge is 0.193 e. The maximum absolute atomic E-state index is 12.1. The first-order chi connectivity index (χ1) is 23.6. The van der Waals surface area contributed by atoms with Crippen LogP contribution in [0.5, 0.6) is 11.5 Å². The summed E-state index contributed by atoms with van der Waals surface area (Å²) in [6.07, 6.45) is 0. The molecule has 49 heavy (non-hydrogen) atoms. The van der Waals surface area contributed by atoms with E-state index in [2.05, 4.69) is 91.5 Å². The number of ketones is 1. The van der Waals surface area contributed by atoms with Crippen molar-refractivity contribution in [2.45, 2.75) is 41.5 Å². The number of hydrogen-bond acceptors (Lipinski definition) is 4. The Labute approximate surface area is 292 Å². The first-order valence-electron chi connectivity index (χ1n) is 16.5. The molecule has 0 aromatic heterocycles. The van der Waals surface area contributed by atoms with E-state index in [0.29, 0.717) is 0 Å². The zero-order chi connectivity index (χ0) is 35.3. The van der Waals surface area contributed by atoms with Gasteiger partial charge in [0.05, 0.1) is 14.2 Å². The van der Waals surface area contributed by atoms with Crippen LogP contribution in [0.15, 0.2) is 140 Å². The number of ether oxygens (including phenoxy) is 2. The van der Waals surface area contributed by atoms with E-state index in [1.165, 1.54) is 39.3 Å². The van der Waals surface area contributed by atoms with Gasteiger partial charge in [0.2, 0.25) is 0 Å². The molecule has 6 aromatic rings. The predicted octanol–water partition coefficient (Wildman–Crippen LogP) is 11.6. The Morgan fingerprint density at radius 2 is 0.735 bits per heavy atom. The van der Waals surface area contributed by atoms with Crippen molar-refractivity contribution >= 4 is 22.8 Å². The fraction of sp³-hybridized carbons (Fsp3) is 0.178. The van der Waals surface area contributed by atoms with Crippen molar-refractivity contribution in [1.82, 2.24) is 0 Å². The van der Waals surface area contributed by atoms with Crippen LogP contribution in [0, 0.1) is 41.5 Å². The highest BCUT2D eigenvalue weighted by molar-refractivity contribution is 6.09. The van der Waals surface area contributed by atoms with Crippen LogP contribution in [-0.2, 0) is 0 Å². The number of para-hydroxylation sites is 1. The lowest BCUT2D eigenvalue weighted by Gasteiger charge is -2.25. The summed E-state index contributed by atoms with van der Waals surface area (Å²) in [7, 11) is 3.35. The molecule has 0 aliphatic rings. The van der Waals surface area contributed by atoms with E-state index >= 15 is 0 Å². The van der Waals surface area contributed by atoms with Crippen LogP contribution in [-0.4, -0.2) is 20.0 Å². The summed E-state index contributed by atoms with van der Waals surface area (Å²) in [5.74, 6) is 1.90. The third kappa shape index (κ3) is 10.2. The van der Waals surface area contributed by atoms with E-state index < -0.39 is 0 Å². The molecule has 6 rings (SSSR count). The maximum atomic E-state index is 12.1. The van der Waals surface area contributed by atoms with Crippen LogP contribution in [0.25, 0.3) is 0 Å². The van der Waals surface area contributed by atoms with Crippen molar-refractivity contribution in [1.29, 1.82) is 0 Å². The van der Waals surface area contributed by atoms with Crippen molar-refractivity contribution in [3.8, 4) is 11.5 Å². The minimum absolute atomic E-state index is 0.0833. The molecule has 0 N–H and O–H groups in total.